The molecule has 1 amide bonds. The number of nitrogens with zero attached hydrogens (tertiary/aromatic N) is 2. The molecule has 0 bridgehead atoms. The Labute approximate surface area is 309 Å². The largest absolute Gasteiger partial charge is 0.493 e. The highest BCUT2D eigenvalue weighted by Gasteiger charge is 2.20. The van der Waals surface area contributed by atoms with Gasteiger partial charge in [-0.1, -0.05) is 48.0 Å². The van der Waals surface area contributed by atoms with Crippen molar-refractivity contribution >= 4 is 17.4 Å². The number of aliphatic hydroxyl groups excluding tert-OH is 1. The lowest BCUT2D eigenvalue weighted by molar-refractivity contribution is -0.00806. The van der Waals surface area contributed by atoms with Crippen molar-refractivity contribution in [3.63, 3.8) is 0 Å². The van der Waals surface area contributed by atoms with Gasteiger partial charge in [0.2, 0.25) is 5.43 Å². The maximum Gasteiger partial charge on any atom is 0.261 e. The van der Waals surface area contributed by atoms with Gasteiger partial charge >= 0.3 is 0 Å². The summed E-state index contributed by atoms with van der Waals surface area (Å²) < 4.78 is 24.5. The van der Waals surface area contributed by atoms with Crippen LogP contribution in [0, 0.1) is 12.8 Å². The van der Waals surface area contributed by atoms with Crippen molar-refractivity contribution in [3.8, 4) is 44.9 Å². The second-order valence-electron chi connectivity index (χ2n) is 13.2. The molecule has 0 radical (unpaired) electrons. The Bertz CT molecular complexity index is 2070. The topological polar surface area (TPSA) is 147 Å². The Balaban J connectivity index is 1.21. The summed E-state index contributed by atoms with van der Waals surface area (Å²) >= 11 is 0. The zero-order valence-electron chi connectivity index (χ0n) is 30.3. The predicted octanol–water partition coefficient (Wildman–Crippen LogP) is 6.60. The molecule has 1 fully saturated rings. The fraction of sp³-hybridized carbons (Fsp3) is 0.310. The van der Waals surface area contributed by atoms with E-state index in [1.807, 2.05) is 79.2 Å². The number of pyridine rings is 2. The van der Waals surface area contributed by atoms with Crippen LogP contribution in [0.2, 0.25) is 0 Å². The van der Waals surface area contributed by atoms with Gasteiger partial charge in [-0.05, 0) is 79.6 Å². The van der Waals surface area contributed by atoms with Crippen molar-refractivity contribution in [1.29, 1.82) is 0 Å². The molecule has 5 aromatic rings. The lowest BCUT2D eigenvalue weighted by atomic mass is 9.99. The summed E-state index contributed by atoms with van der Waals surface area (Å²) in [7, 11) is 1.56. The molecule has 0 spiro atoms. The van der Waals surface area contributed by atoms with Crippen LogP contribution in [0.1, 0.15) is 35.7 Å². The molecule has 0 unspecified atom stereocenters. The second-order valence-corrected chi connectivity index (χ2v) is 13.2. The maximum atomic E-state index is 13.8. The number of benzene rings is 3. The average molecular weight is 719 g/mol. The monoisotopic (exact) mass is 718 g/mol. The first-order valence-electron chi connectivity index (χ1n) is 17.9. The molecule has 1 aliphatic rings. The zero-order valence-corrected chi connectivity index (χ0v) is 30.3. The molecule has 4 N–H and O–H groups in total. The molecule has 11 heteroatoms. The minimum atomic E-state index is -0.480. The standard InChI is InChI=1S/C42H46N4O7/c1-4-52-34(25-47)26-53-38-14-11-31(20-39(38)50-3)32-19-35(41(43)44-21-32)29-9-12-33(13-10-29)45-42(49)37-24-46(22-28-15-17-51-18-16-28)23-36(40(37)48)30-7-5-27(2)6-8-30/h5-14,19-21,23-24,28,34,47H,4,15-18,22,25-26H2,1-3H3,(H2,43,44)(H,45,49)/t34-/m0/s1. The maximum absolute atomic E-state index is 13.8. The summed E-state index contributed by atoms with van der Waals surface area (Å²) in [5.74, 6) is 1.31. The summed E-state index contributed by atoms with van der Waals surface area (Å²) in [6, 6.07) is 22.5. The van der Waals surface area contributed by atoms with Gasteiger partial charge in [-0.2, -0.15) is 0 Å². The van der Waals surface area contributed by atoms with E-state index in [0.717, 1.165) is 40.7 Å². The molecule has 1 saturated heterocycles. The molecule has 1 atom stereocenters. The number of carbonyl (C=O) groups is 1. The van der Waals surface area contributed by atoms with E-state index in [1.54, 1.807) is 37.7 Å². The highest BCUT2D eigenvalue weighted by molar-refractivity contribution is 6.04. The number of nitrogen functional groups attached to an aromatic ring is 1. The summed E-state index contributed by atoms with van der Waals surface area (Å²) in [6.45, 7) is 6.47. The zero-order chi connectivity index (χ0) is 37.3. The van der Waals surface area contributed by atoms with Gasteiger partial charge in [0.25, 0.3) is 5.91 Å². The van der Waals surface area contributed by atoms with Gasteiger partial charge in [0, 0.05) is 67.3 Å². The molecule has 276 valence electrons. The summed E-state index contributed by atoms with van der Waals surface area (Å²) in [4.78, 5) is 31.9. The lowest BCUT2D eigenvalue weighted by Crippen LogP contribution is -2.26. The van der Waals surface area contributed by atoms with Crippen molar-refractivity contribution in [2.24, 2.45) is 5.92 Å². The number of rotatable bonds is 14. The number of nitrogens with two attached hydrogens (primary N) is 1. The van der Waals surface area contributed by atoms with Crippen LogP contribution in [0.5, 0.6) is 11.5 Å². The molecule has 3 heterocycles. The molecule has 3 aromatic carbocycles. The molecule has 2 aromatic heterocycles. The molecule has 6 rings (SSSR count). The minimum Gasteiger partial charge on any atom is -0.493 e. The highest BCUT2D eigenvalue weighted by atomic mass is 16.5. The molecule has 11 nitrogen and oxygen atoms in total. The molecular weight excluding hydrogens is 672 g/mol. The number of amides is 1. The van der Waals surface area contributed by atoms with E-state index < -0.39 is 12.0 Å². The Hall–Kier alpha value is -5.49. The van der Waals surface area contributed by atoms with Crippen LogP contribution in [0.25, 0.3) is 33.4 Å². The number of ether oxygens (including phenoxy) is 4. The van der Waals surface area contributed by atoms with E-state index in [9.17, 15) is 14.7 Å². The summed E-state index contributed by atoms with van der Waals surface area (Å²) in [6.07, 6.45) is 6.64. The number of nitrogens with one attached hydrogen (secondary N) is 1. The van der Waals surface area contributed by atoms with Crippen molar-refractivity contribution in [1.82, 2.24) is 9.55 Å². The third kappa shape index (κ3) is 9.12. The Kier molecular flexibility index (Phi) is 12.2. The first-order valence-corrected chi connectivity index (χ1v) is 17.9. The van der Waals surface area contributed by atoms with Crippen LogP contribution in [0.3, 0.4) is 0 Å². The predicted molar refractivity (Wildman–Crippen MR) is 206 cm³/mol. The number of anilines is 2. The van der Waals surface area contributed by atoms with Crippen LogP contribution in [-0.4, -0.2) is 66.8 Å². The molecule has 53 heavy (non-hydrogen) atoms. The number of hydrogen-bond acceptors (Lipinski definition) is 9. The van der Waals surface area contributed by atoms with Crippen molar-refractivity contribution in [3.05, 3.63) is 113 Å². The van der Waals surface area contributed by atoms with Gasteiger partial charge in [-0.25, -0.2) is 4.98 Å². The van der Waals surface area contributed by atoms with E-state index in [0.29, 0.717) is 66.4 Å². The van der Waals surface area contributed by atoms with Crippen LogP contribution >= 0.6 is 0 Å². The van der Waals surface area contributed by atoms with Crippen LogP contribution < -0.4 is 26.0 Å². The minimum absolute atomic E-state index is 0.0784. The van der Waals surface area contributed by atoms with E-state index in [2.05, 4.69) is 10.3 Å². The van der Waals surface area contributed by atoms with Gasteiger partial charge in [0.15, 0.2) is 11.5 Å². The molecule has 0 aliphatic carbocycles. The highest BCUT2D eigenvalue weighted by Crippen LogP contribution is 2.35. The van der Waals surface area contributed by atoms with E-state index in [1.165, 1.54) is 0 Å². The average Bonchev–Trinajstić information content (AvgIpc) is 3.18. The van der Waals surface area contributed by atoms with Crippen LogP contribution in [0.15, 0.2) is 96.2 Å². The van der Waals surface area contributed by atoms with Crippen molar-refractivity contribution in [2.75, 3.05) is 51.2 Å². The van der Waals surface area contributed by atoms with Crippen molar-refractivity contribution < 1.29 is 28.8 Å². The Morgan fingerprint density at radius 3 is 2.36 bits per heavy atom. The van der Waals surface area contributed by atoms with Gasteiger partial charge in [0.1, 0.15) is 24.1 Å². The van der Waals surface area contributed by atoms with Crippen molar-refractivity contribution in [2.45, 2.75) is 39.3 Å². The van der Waals surface area contributed by atoms with Gasteiger partial charge in [-0.3, -0.25) is 9.59 Å². The molecular formula is C42H46N4O7. The number of aliphatic hydroxyl groups is 1. The number of carbonyl (C=O) groups excluding carboxylic acids is 1. The smallest absolute Gasteiger partial charge is 0.261 e. The van der Waals surface area contributed by atoms with E-state index in [-0.39, 0.29) is 24.2 Å². The van der Waals surface area contributed by atoms with Crippen LogP contribution in [-0.2, 0) is 16.0 Å². The number of aromatic nitrogens is 2. The van der Waals surface area contributed by atoms with Crippen LogP contribution in [0.4, 0.5) is 11.5 Å². The number of aryl methyl sites for hydroxylation is 1. The van der Waals surface area contributed by atoms with Gasteiger partial charge < -0.3 is 39.7 Å². The SMILES string of the molecule is CCO[C@@H](CO)COc1ccc(-c2cnc(N)c(-c3ccc(NC(=O)c4cn(CC5CCOCC5)cc(-c5ccc(C)cc5)c4=O)cc3)c2)cc1OC. The van der Waals surface area contributed by atoms with E-state index >= 15 is 0 Å². The lowest BCUT2D eigenvalue weighted by Gasteiger charge is -2.23. The number of methoxy groups -OCH3 is 1. The molecule has 1 aliphatic heterocycles. The first kappa shape index (κ1) is 37.3. The number of hydrogen-bond donors (Lipinski definition) is 3. The van der Waals surface area contributed by atoms with E-state index in [4.69, 9.17) is 24.7 Å². The second kappa shape index (κ2) is 17.4. The third-order valence-corrected chi connectivity index (χ3v) is 9.40. The fourth-order valence-electron chi connectivity index (χ4n) is 6.40. The molecule has 0 saturated carbocycles. The van der Waals surface area contributed by atoms with Gasteiger partial charge in [0.05, 0.1) is 13.7 Å². The Morgan fingerprint density at radius 1 is 0.962 bits per heavy atom. The Morgan fingerprint density at radius 2 is 1.66 bits per heavy atom. The fourth-order valence-corrected chi connectivity index (χ4v) is 6.40. The summed E-state index contributed by atoms with van der Waals surface area (Å²) in [5.41, 5.74) is 12.1. The summed E-state index contributed by atoms with van der Waals surface area (Å²) in [5, 5.41) is 12.5. The van der Waals surface area contributed by atoms with Gasteiger partial charge in [-0.15, -0.1) is 0 Å². The first-order chi connectivity index (χ1) is 25.8. The third-order valence-electron chi connectivity index (χ3n) is 9.40. The quantitative estimate of drug-likeness (QED) is 0.116. The normalized spacial score (nSPS) is 13.7.